The van der Waals surface area contributed by atoms with Crippen molar-refractivity contribution in [2.45, 2.75) is 32.9 Å². The minimum absolute atomic E-state index is 0.0610. The molecule has 0 aliphatic carbocycles. The van der Waals surface area contributed by atoms with Gasteiger partial charge in [0.2, 0.25) is 0 Å². The molecule has 2 aliphatic rings. The largest absolute Gasteiger partial charge is 0.366 e. The van der Waals surface area contributed by atoms with Gasteiger partial charge in [-0.3, -0.25) is 9.58 Å². The van der Waals surface area contributed by atoms with Crippen LogP contribution in [0.4, 0.5) is 10.1 Å². The van der Waals surface area contributed by atoms with Crippen molar-refractivity contribution in [1.29, 1.82) is 0 Å². The molecule has 4 rings (SSSR count). The van der Waals surface area contributed by atoms with Gasteiger partial charge in [-0.25, -0.2) is 12.8 Å². The Morgan fingerprint density at radius 2 is 1.93 bits per heavy atom. The highest BCUT2D eigenvalue weighted by Gasteiger charge is 2.32. The molecule has 3 heterocycles. The van der Waals surface area contributed by atoms with Gasteiger partial charge in [0.1, 0.15) is 5.82 Å². The molecule has 1 aromatic heterocycles. The molecule has 2 aliphatic heterocycles. The number of rotatable bonds is 4. The lowest BCUT2D eigenvalue weighted by Gasteiger charge is -2.36. The van der Waals surface area contributed by atoms with Crippen LogP contribution >= 0.6 is 15.9 Å². The summed E-state index contributed by atoms with van der Waals surface area (Å²) in [6.45, 7) is 8.00. The zero-order valence-electron chi connectivity index (χ0n) is 16.7. The minimum Gasteiger partial charge on any atom is -0.366 e. The lowest BCUT2D eigenvalue weighted by molar-refractivity contribution is 0.246. The Morgan fingerprint density at radius 1 is 1.21 bits per heavy atom. The first kappa shape index (κ1) is 20.8. The molecule has 29 heavy (non-hydrogen) atoms. The molecule has 2 fully saturated rings. The van der Waals surface area contributed by atoms with Gasteiger partial charge in [0, 0.05) is 42.8 Å². The van der Waals surface area contributed by atoms with E-state index in [2.05, 4.69) is 30.8 Å². The maximum Gasteiger partial charge on any atom is 0.152 e. The highest BCUT2D eigenvalue weighted by atomic mass is 79.9. The maximum absolute atomic E-state index is 14.1. The number of benzene rings is 1. The number of halogens is 2. The molecule has 1 atom stereocenters. The van der Waals surface area contributed by atoms with E-state index in [4.69, 9.17) is 0 Å². The van der Waals surface area contributed by atoms with E-state index in [-0.39, 0.29) is 23.4 Å². The van der Waals surface area contributed by atoms with Crippen LogP contribution in [0.1, 0.15) is 29.4 Å². The molecule has 2 saturated heterocycles. The van der Waals surface area contributed by atoms with Crippen LogP contribution in [0.15, 0.2) is 22.7 Å². The fourth-order valence-electron chi connectivity index (χ4n) is 4.46. The second kappa shape index (κ2) is 8.00. The normalized spacial score (nSPS) is 22.3. The van der Waals surface area contributed by atoms with Gasteiger partial charge in [-0.15, -0.1) is 0 Å². The number of hydrogen-bond acceptors (Lipinski definition) is 5. The lowest BCUT2D eigenvalue weighted by Crippen LogP contribution is -2.46. The third-order valence-corrected chi connectivity index (χ3v) is 8.18. The van der Waals surface area contributed by atoms with Gasteiger partial charge in [-0.1, -0.05) is 22.0 Å². The summed E-state index contributed by atoms with van der Waals surface area (Å²) in [7, 11) is -2.95. The van der Waals surface area contributed by atoms with Crippen LogP contribution < -0.4 is 4.90 Å². The van der Waals surface area contributed by atoms with Crippen molar-refractivity contribution in [3.8, 4) is 0 Å². The van der Waals surface area contributed by atoms with E-state index in [1.807, 2.05) is 30.7 Å². The third kappa shape index (κ3) is 4.36. The molecule has 1 unspecified atom stereocenters. The van der Waals surface area contributed by atoms with Gasteiger partial charge >= 0.3 is 0 Å². The van der Waals surface area contributed by atoms with Crippen molar-refractivity contribution in [1.82, 2.24) is 14.7 Å². The Labute approximate surface area is 179 Å². The quantitative estimate of drug-likeness (QED) is 0.667. The average Bonchev–Trinajstić information content (AvgIpc) is 3.17. The van der Waals surface area contributed by atoms with E-state index in [1.165, 1.54) is 6.07 Å². The van der Waals surface area contributed by atoms with Crippen molar-refractivity contribution >= 4 is 31.5 Å². The first-order chi connectivity index (χ1) is 13.7. The van der Waals surface area contributed by atoms with Crippen LogP contribution in [-0.4, -0.2) is 60.8 Å². The van der Waals surface area contributed by atoms with Crippen molar-refractivity contribution < 1.29 is 12.8 Å². The molecule has 0 N–H and O–H groups in total. The Kier molecular flexibility index (Phi) is 5.74. The standard InChI is InChI=1S/C20H26BrFN4O2S/c1-14-20(15(2)26(23-14)18-5-10-29(27,28)13-18)25-8-6-24(7-9-25)12-16-3-4-17(21)11-19(16)22/h3-4,11,18H,5-10,12-13H2,1-2H3. The van der Waals surface area contributed by atoms with Crippen LogP contribution in [0.2, 0.25) is 0 Å². The summed E-state index contributed by atoms with van der Waals surface area (Å²) in [4.78, 5) is 4.59. The monoisotopic (exact) mass is 484 g/mol. The molecular formula is C20H26BrFN4O2S. The fourth-order valence-corrected chi connectivity index (χ4v) is 6.48. The van der Waals surface area contributed by atoms with Crippen molar-refractivity contribution in [3.05, 3.63) is 45.4 Å². The summed E-state index contributed by atoms with van der Waals surface area (Å²) >= 11 is 3.30. The molecule has 0 bridgehead atoms. The van der Waals surface area contributed by atoms with Crippen molar-refractivity contribution in [3.63, 3.8) is 0 Å². The van der Waals surface area contributed by atoms with E-state index in [0.29, 0.717) is 18.5 Å². The number of aryl methyl sites for hydroxylation is 1. The minimum atomic E-state index is -2.95. The van der Waals surface area contributed by atoms with E-state index in [9.17, 15) is 12.8 Å². The second-order valence-electron chi connectivity index (χ2n) is 8.02. The Balaban J connectivity index is 1.43. The van der Waals surface area contributed by atoms with Crippen molar-refractivity contribution in [2.75, 3.05) is 42.6 Å². The topological polar surface area (TPSA) is 58.4 Å². The van der Waals surface area contributed by atoms with Gasteiger partial charge in [0.25, 0.3) is 0 Å². The second-order valence-corrected chi connectivity index (χ2v) is 11.2. The van der Waals surface area contributed by atoms with Crippen molar-refractivity contribution in [2.24, 2.45) is 0 Å². The van der Waals surface area contributed by atoms with E-state index < -0.39 is 9.84 Å². The SMILES string of the molecule is Cc1nn(C2CCS(=O)(=O)C2)c(C)c1N1CCN(Cc2ccc(Br)cc2F)CC1. The number of sulfone groups is 1. The zero-order chi connectivity index (χ0) is 20.8. The molecular weight excluding hydrogens is 459 g/mol. The third-order valence-electron chi connectivity index (χ3n) is 5.94. The molecule has 0 saturated carbocycles. The first-order valence-corrected chi connectivity index (χ1v) is 12.5. The average molecular weight is 485 g/mol. The first-order valence-electron chi connectivity index (χ1n) is 9.91. The molecule has 9 heteroatoms. The number of anilines is 1. The van der Waals surface area contributed by atoms with Gasteiger partial charge in [0.05, 0.1) is 34.6 Å². The van der Waals surface area contributed by atoms with Crippen LogP contribution in [0.3, 0.4) is 0 Å². The molecule has 1 aromatic carbocycles. The van der Waals surface area contributed by atoms with Crippen LogP contribution in [-0.2, 0) is 16.4 Å². The van der Waals surface area contributed by atoms with Crippen LogP contribution in [0, 0.1) is 19.7 Å². The number of hydrogen-bond donors (Lipinski definition) is 0. The van der Waals surface area contributed by atoms with E-state index >= 15 is 0 Å². The lowest BCUT2D eigenvalue weighted by atomic mass is 10.1. The predicted molar refractivity (Wildman–Crippen MR) is 116 cm³/mol. The summed E-state index contributed by atoms with van der Waals surface area (Å²) in [5.74, 6) is 0.249. The Bertz CT molecular complexity index is 1020. The summed E-state index contributed by atoms with van der Waals surface area (Å²) in [5.41, 5.74) is 3.81. The van der Waals surface area contributed by atoms with Gasteiger partial charge in [0.15, 0.2) is 9.84 Å². The zero-order valence-corrected chi connectivity index (χ0v) is 19.1. The van der Waals surface area contributed by atoms with E-state index in [1.54, 1.807) is 0 Å². The summed E-state index contributed by atoms with van der Waals surface area (Å²) < 4.78 is 40.5. The van der Waals surface area contributed by atoms with Crippen LogP contribution in [0.25, 0.3) is 0 Å². The molecule has 0 radical (unpaired) electrons. The number of aromatic nitrogens is 2. The maximum atomic E-state index is 14.1. The predicted octanol–water partition coefficient (Wildman–Crippen LogP) is 3.08. The van der Waals surface area contributed by atoms with Gasteiger partial charge in [-0.05, 0) is 32.4 Å². The summed E-state index contributed by atoms with van der Waals surface area (Å²) in [6, 6.07) is 5.16. The van der Waals surface area contributed by atoms with Crippen LogP contribution in [0.5, 0.6) is 0 Å². The highest BCUT2D eigenvalue weighted by Crippen LogP contribution is 2.32. The molecule has 2 aromatic rings. The summed E-state index contributed by atoms with van der Waals surface area (Å²) in [5, 5.41) is 4.68. The molecule has 0 spiro atoms. The summed E-state index contributed by atoms with van der Waals surface area (Å²) in [6.07, 6.45) is 0.635. The Morgan fingerprint density at radius 3 is 2.55 bits per heavy atom. The molecule has 6 nitrogen and oxygen atoms in total. The number of piperazine rings is 1. The molecule has 158 valence electrons. The van der Waals surface area contributed by atoms with Gasteiger partial charge in [-0.2, -0.15) is 5.10 Å². The molecule has 0 amide bonds. The highest BCUT2D eigenvalue weighted by molar-refractivity contribution is 9.10. The Hall–Kier alpha value is -1.45. The smallest absolute Gasteiger partial charge is 0.152 e. The van der Waals surface area contributed by atoms with E-state index in [0.717, 1.165) is 47.7 Å². The van der Waals surface area contributed by atoms with Gasteiger partial charge < -0.3 is 4.90 Å². The fraction of sp³-hybridized carbons (Fsp3) is 0.550. The number of nitrogens with zero attached hydrogens (tertiary/aromatic N) is 4.